The molecule has 1 aromatic carbocycles. The number of nitrogens with one attached hydrogen (secondary N) is 1. The standard InChI is InChI=1S/C16H25FN2OS/c1-16(20,12-21-2)11-18-10-13-14(17)6-5-7-15(13)19-8-3-4-9-19/h5-7,18,20H,3-4,8-12H2,1-2H3. The van der Waals surface area contributed by atoms with Crippen LogP contribution >= 0.6 is 11.8 Å². The quantitative estimate of drug-likeness (QED) is 0.811. The van der Waals surface area contributed by atoms with Gasteiger partial charge in [0.1, 0.15) is 5.82 Å². The average molecular weight is 312 g/mol. The zero-order valence-corrected chi connectivity index (χ0v) is 13.7. The maximum atomic E-state index is 14.1. The number of anilines is 1. The van der Waals surface area contributed by atoms with E-state index in [0.29, 0.717) is 24.4 Å². The lowest BCUT2D eigenvalue weighted by atomic mass is 10.1. The third kappa shape index (κ3) is 4.59. The van der Waals surface area contributed by atoms with Gasteiger partial charge in [0.2, 0.25) is 0 Å². The lowest BCUT2D eigenvalue weighted by Crippen LogP contribution is -2.40. The molecule has 5 heteroatoms. The third-order valence-corrected chi connectivity index (χ3v) is 4.71. The highest BCUT2D eigenvalue weighted by Crippen LogP contribution is 2.26. The Balaban J connectivity index is 2.02. The summed E-state index contributed by atoms with van der Waals surface area (Å²) < 4.78 is 14.1. The second kappa shape index (κ2) is 7.47. The van der Waals surface area contributed by atoms with Gasteiger partial charge in [0.25, 0.3) is 0 Å². The average Bonchev–Trinajstić information content (AvgIpc) is 2.94. The van der Waals surface area contributed by atoms with Gasteiger partial charge in [-0.1, -0.05) is 6.07 Å². The fraction of sp³-hybridized carbons (Fsp3) is 0.625. The molecule has 0 saturated carbocycles. The Kier molecular flexibility index (Phi) is 5.90. The molecule has 1 atom stereocenters. The van der Waals surface area contributed by atoms with E-state index in [1.807, 2.05) is 12.3 Å². The second-order valence-corrected chi connectivity index (χ2v) is 6.83. The topological polar surface area (TPSA) is 35.5 Å². The molecule has 0 radical (unpaired) electrons. The van der Waals surface area contributed by atoms with Crippen molar-refractivity contribution >= 4 is 17.4 Å². The first-order valence-electron chi connectivity index (χ1n) is 7.48. The molecule has 2 rings (SSSR count). The largest absolute Gasteiger partial charge is 0.388 e. The molecule has 3 nitrogen and oxygen atoms in total. The molecule has 0 aliphatic carbocycles. The van der Waals surface area contributed by atoms with Crippen molar-refractivity contribution in [2.24, 2.45) is 0 Å². The minimum absolute atomic E-state index is 0.170. The Morgan fingerprint density at radius 2 is 2.10 bits per heavy atom. The summed E-state index contributed by atoms with van der Waals surface area (Å²) in [5.74, 6) is 0.493. The summed E-state index contributed by atoms with van der Waals surface area (Å²) in [6.07, 6.45) is 4.31. The number of benzene rings is 1. The van der Waals surface area contributed by atoms with Crippen LogP contribution in [0.25, 0.3) is 0 Å². The predicted molar refractivity (Wildman–Crippen MR) is 88.6 cm³/mol. The normalized spacial score (nSPS) is 18.0. The van der Waals surface area contributed by atoms with Crippen LogP contribution in [0.2, 0.25) is 0 Å². The van der Waals surface area contributed by atoms with Crippen LogP contribution < -0.4 is 10.2 Å². The molecule has 1 fully saturated rings. The van der Waals surface area contributed by atoms with E-state index in [4.69, 9.17) is 0 Å². The van der Waals surface area contributed by atoms with Crippen LogP contribution in [-0.4, -0.2) is 42.4 Å². The van der Waals surface area contributed by atoms with E-state index in [1.165, 1.54) is 18.9 Å². The molecular formula is C16H25FN2OS. The first-order valence-corrected chi connectivity index (χ1v) is 8.87. The Morgan fingerprint density at radius 3 is 2.76 bits per heavy atom. The molecule has 0 bridgehead atoms. The summed E-state index contributed by atoms with van der Waals surface area (Å²) in [4.78, 5) is 2.25. The van der Waals surface area contributed by atoms with Gasteiger partial charge in [0, 0.05) is 43.2 Å². The van der Waals surface area contributed by atoms with Gasteiger partial charge in [-0.3, -0.25) is 0 Å². The molecule has 1 heterocycles. The molecule has 0 aromatic heterocycles. The maximum absolute atomic E-state index is 14.1. The fourth-order valence-corrected chi connectivity index (χ4v) is 3.52. The number of thioether (sulfide) groups is 1. The molecule has 1 saturated heterocycles. The zero-order valence-electron chi connectivity index (χ0n) is 12.9. The minimum Gasteiger partial charge on any atom is -0.388 e. The first-order chi connectivity index (χ1) is 10.0. The lowest BCUT2D eigenvalue weighted by molar-refractivity contribution is 0.0845. The van der Waals surface area contributed by atoms with Crippen molar-refractivity contribution in [3.05, 3.63) is 29.6 Å². The molecule has 1 aliphatic heterocycles. The number of aliphatic hydroxyl groups is 1. The molecule has 1 unspecified atom stereocenters. The summed E-state index contributed by atoms with van der Waals surface area (Å²) >= 11 is 1.61. The molecule has 1 aliphatic rings. The van der Waals surface area contributed by atoms with Gasteiger partial charge in [0.05, 0.1) is 5.60 Å². The Hall–Kier alpha value is -0.780. The number of rotatable bonds is 7. The van der Waals surface area contributed by atoms with Gasteiger partial charge in [-0.15, -0.1) is 0 Å². The van der Waals surface area contributed by atoms with E-state index in [2.05, 4.69) is 10.2 Å². The van der Waals surface area contributed by atoms with Gasteiger partial charge in [0.15, 0.2) is 0 Å². The van der Waals surface area contributed by atoms with Crippen molar-refractivity contribution in [3.8, 4) is 0 Å². The van der Waals surface area contributed by atoms with Crippen molar-refractivity contribution in [1.82, 2.24) is 5.32 Å². The molecule has 21 heavy (non-hydrogen) atoms. The van der Waals surface area contributed by atoms with E-state index >= 15 is 0 Å². The number of hydrogen-bond acceptors (Lipinski definition) is 4. The molecule has 1 aromatic rings. The molecule has 118 valence electrons. The number of nitrogens with zero attached hydrogens (tertiary/aromatic N) is 1. The highest BCUT2D eigenvalue weighted by atomic mass is 32.2. The SMILES string of the molecule is CSCC(C)(O)CNCc1c(F)cccc1N1CCCC1. The maximum Gasteiger partial charge on any atom is 0.129 e. The van der Waals surface area contributed by atoms with E-state index in [9.17, 15) is 9.50 Å². The van der Waals surface area contributed by atoms with Crippen LogP contribution in [0.1, 0.15) is 25.3 Å². The molecule has 0 amide bonds. The number of hydrogen-bond donors (Lipinski definition) is 2. The van der Waals surface area contributed by atoms with Crippen LogP contribution in [-0.2, 0) is 6.54 Å². The van der Waals surface area contributed by atoms with Crippen molar-refractivity contribution in [2.75, 3.05) is 36.5 Å². The van der Waals surface area contributed by atoms with Crippen LogP contribution in [0, 0.1) is 5.82 Å². The molecule has 2 N–H and O–H groups in total. The first kappa shape index (κ1) is 16.6. The fourth-order valence-electron chi connectivity index (χ4n) is 2.80. The minimum atomic E-state index is -0.765. The van der Waals surface area contributed by atoms with Gasteiger partial charge in [-0.25, -0.2) is 4.39 Å². The van der Waals surface area contributed by atoms with Crippen molar-refractivity contribution in [3.63, 3.8) is 0 Å². The highest BCUT2D eigenvalue weighted by Gasteiger charge is 2.21. The smallest absolute Gasteiger partial charge is 0.129 e. The van der Waals surface area contributed by atoms with Crippen molar-refractivity contribution < 1.29 is 9.50 Å². The van der Waals surface area contributed by atoms with Gasteiger partial charge in [-0.05, 0) is 38.2 Å². The Labute approximate surface area is 130 Å². The Bertz CT molecular complexity index is 462. The summed E-state index contributed by atoms with van der Waals surface area (Å²) in [6, 6.07) is 5.28. The number of halogens is 1. The van der Waals surface area contributed by atoms with E-state index in [-0.39, 0.29) is 5.82 Å². The summed E-state index contributed by atoms with van der Waals surface area (Å²) in [5.41, 5.74) is 0.933. The van der Waals surface area contributed by atoms with Crippen LogP contribution in [0.15, 0.2) is 18.2 Å². The highest BCUT2D eigenvalue weighted by molar-refractivity contribution is 7.98. The van der Waals surface area contributed by atoms with E-state index < -0.39 is 5.60 Å². The second-order valence-electron chi connectivity index (χ2n) is 5.97. The lowest BCUT2D eigenvalue weighted by Gasteiger charge is -2.25. The van der Waals surface area contributed by atoms with Gasteiger partial charge < -0.3 is 15.3 Å². The third-order valence-electron chi connectivity index (χ3n) is 3.80. The molecule has 0 spiro atoms. The monoisotopic (exact) mass is 312 g/mol. The van der Waals surface area contributed by atoms with Crippen LogP contribution in [0.5, 0.6) is 0 Å². The van der Waals surface area contributed by atoms with Gasteiger partial charge >= 0.3 is 0 Å². The van der Waals surface area contributed by atoms with Crippen LogP contribution in [0.3, 0.4) is 0 Å². The van der Waals surface area contributed by atoms with E-state index in [1.54, 1.807) is 24.8 Å². The van der Waals surface area contributed by atoms with Crippen LogP contribution in [0.4, 0.5) is 10.1 Å². The predicted octanol–water partition coefficient (Wildman–Crippen LogP) is 2.63. The van der Waals surface area contributed by atoms with Crippen molar-refractivity contribution in [2.45, 2.75) is 31.9 Å². The summed E-state index contributed by atoms with van der Waals surface area (Å²) in [6.45, 7) is 4.71. The Morgan fingerprint density at radius 1 is 1.38 bits per heavy atom. The summed E-state index contributed by atoms with van der Waals surface area (Å²) in [5, 5.41) is 13.4. The van der Waals surface area contributed by atoms with Gasteiger partial charge in [-0.2, -0.15) is 11.8 Å². The zero-order chi connectivity index (χ0) is 15.3. The van der Waals surface area contributed by atoms with E-state index in [0.717, 1.165) is 18.8 Å². The summed E-state index contributed by atoms with van der Waals surface area (Å²) in [7, 11) is 0. The molecular weight excluding hydrogens is 287 g/mol. The van der Waals surface area contributed by atoms with Crippen molar-refractivity contribution in [1.29, 1.82) is 0 Å².